The summed E-state index contributed by atoms with van der Waals surface area (Å²) in [5.41, 5.74) is 0. The van der Waals surface area contributed by atoms with Gasteiger partial charge in [0.05, 0.1) is 30.4 Å². The Labute approximate surface area is 217 Å². The van der Waals surface area contributed by atoms with Crippen molar-refractivity contribution in [3.63, 3.8) is 0 Å². The van der Waals surface area contributed by atoms with Crippen molar-refractivity contribution in [2.75, 3.05) is 26.4 Å². The van der Waals surface area contributed by atoms with Gasteiger partial charge in [-0.3, -0.25) is 9.09 Å². The van der Waals surface area contributed by atoms with Crippen LogP contribution < -0.4 is 24.7 Å². The first kappa shape index (κ1) is 26.9. The Balaban J connectivity index is 1.29. The Morgan fingerprint density at radius 1 is 0.541 bits per heavy atom. The monoisotopic (exact) mass is 537 g/mol. The number of para-hydroxylation sites is 2. The van der Waals surface area contributed by atoms with Crippen LogP contribution in [0.5, 0.6) is 11.5 Å². The fourth-order valence-corrected chi connectivity index (χ4v) is 6.68. The molecule has 37 heavy (non-hydrogen) atoms. The predicted molar refractivity (Wildman–Crippen MR) is 146 cm³/mol. The van der Waals surface area contributed by atoms with Crippen LogP contribution in [0.3, 0.4) is 0 Å². The number of nitrogens with one attached hydrogen (secondary N) is 1. The molecule has 0 aliphatic rings. The minimum Gasteiger partial charge on any atom is -0.430 e. The molecule has 0 saturated heterocycles. The maximum Gasteiger partial charge on any atom is 0.410 e. The summed E-state index contributed by atoms with van der Waals surface area (Å²) in [5.74, 6) is 0.960. The second-order valence-electron chi connectivity index (χ2n) is 7.88. The van der Waals surface area contributed by atoms with Gasteiger partial charge < -0.3 is 13.8 Å². The lowest BCUT2D eigenvalue weighted by atomic mass is 10.3. The largest absolute Gasteiger partial charge is 0.430 e. The Morgan fingerprint density at radius 2 is 1.03 bits per heavy atom. The topological polar surface area (TPSA) is 83.1 Å². The van der Waals surface area contributed by atoms with Gasteiger partial charge in [0, 0.05) is 6.54 Å². The molecule has 0 aromatic heterocycles. The van der Waals surface area contributed by atoms with Gasteiger partial charge in [-0.2, -0.15) is 0 Å². The van der Waals surface area contributed by atoms with Crippen molar-refractivity contribution in [3.8, 4) is 11.5 Å². The van der Waals surface area contributed by atoms with Crippen LogP contribution >= 0.6 is 15.1 Å². The van der Waals surface area contributed by atoms with E-state index in [0.717, 1.165) is 0 Å². The lowest BCUT2D eigenvalue weighted by Crippen LogP contribution is -2.26. The Hall–Kier alpha value is -3.18. The zero-order valence-corrected chi connectivity index (χ0v) is 22.0. The van der Waals surface area contributed by atoms with Crippen molar-refractivity contribution in [3.05, 3.63) is 121 Å². The first-order chi connectivity index (χ1) is 18.1. The van der Waals surface area contributed by atoms with E-state index in [1.54, 1.807) is 72.8 Å². The third-order valence-corrected chi connectivity index (χ3v) is 9.16. The summed E-state index contributed by atoms with van der Waals surface area (Å²) in [6.07, 6.45) is 0. The first-order valence-electron chi connectivity index (χ1n) is 11.9. The molecular formula is C28H29NO6P2. The molecule has 7 nitrogen and oxygen atoms in total. The van der Waals surface area contributed by atoms with Crippen LogP contribution in [0.1, 0.15) is 0 Å². The highest BCUT2D eigenvalue weighted by molar-refractivity contribution is 7.65. The minimum atomic E-state index is -3.61. The summed E-state index contributed by atoms with van der Waals surface area (Å²) >= 11 is 0. The molecule has 0 spiro atoms. The number of hydrogen-bond donors (Lipinski definition) is 1. The van der Waals surface area contributed by atoms with Gasteiger partial charge in [0.15, 0.2) is 0 Å². The molecule has 4 aromatic carbocycles. The third-order valence-electron chi connectivity index (χ3n) is 5.17. The van der Waals surface area contributed by atoms with E-state index in [2.05, 4.69) is 5.09 Å². The highest BCUT2D eigenvalue weighted by Crippen LogP contribution is 2.47. The molecule has 2 atom stereocenters. The molecule has 0 aliphatic carbocycles. The standard InChI is InChI=1S/C28H29NO6P2/c30-36(27-17-9-3-10-18-27,34-25-13-5-1-6-14-25)29-21-22-32-23-24-33-37(31,28-19-11-4-12-20-28)35-26-15-7-2-8-16-26/h1-20H,21-24H2,(H,29,30). The van der Waals surface area contributed by atoms with Gasteiger partial charge >= 0.3 is 15.1 Å². The molecule has 4 rings (SSSR count). The van der Waals surface area contributed by atoms with Gasteiger partial charge in [-0.25, -0.2) is 9.65 Å². The molecule has 0 aliphatic heterocycles. The van der Waals surface area contributed by atoms with Crippen LogP contribution in [-0.2, 0) is 18.4 Å². The average Bonchev–Trinajstić information content (AvgIpc) is 2.94. The summed E-state index contributed by atoms with van der Waals surface area (Å²) in [6.45, 7) is 0.741. The van der Waals surface area contributed by atoms with E-state index in [4.69, 9.17) is 18.3 Å². The predicted octanol–water partition coefficient (Wildman–Crippen LogP) is 5.80. The van der Waals surface area contributed by atoms with Crippen molar-refractivity contribution in [1.82, 2.24) is 5.09 Å². The molecule has 0 radical (unpaired) electrons. The number of benzene rings is 4. The van der Waals surface area contributed by atoms with Crippen LogP contribution in [-0.4, -0.2) is 26.4 Å². The van der Waals surface area contributed by atoms with E-state index in [9.17, 15) is 9.13 Å². The van der Waals surface area contributed by atoms with E-state index < -0.39 is 15.1 Å². The molecular weight excluding hydrogens is 508 g/mol. The van der Waals surface area contributed by atoms with Gasteiger partial charge in [-0.15, -0.1) is 0 Å². The van der Waals surface area contributed by atoms with Crippen LogP contribution in [0.25, 0.3) is 0 Å². The zero-order chi connectivity index (χ0) is 25.8. The van der Waals surface area contributed by atoms with Crippen molar-refractivity contribution < 1.29 is 27.4 Å². The molecule has 4 aromatic rings. The summed E-state index contributed by atoms with van der Waals surface area (Å²) in [4.78, 5) is 0. The smallest absolute Gasteiger partial charge is 0.410 e. The summed E-state index contributed by atoms with van der Waals surface area (Å²) < 4.78 is 50.3. The van der Waals surface area contributed by atoms with E-state index in [1.807, 2.05) is 48.5 Å². The van der Waals surface area contributed by atoms with Crippen molar-refractivity contribution >= 4 is 25.7 Å². The summed E-state index contributed by atoms with van der Waals surface area (Å²) in [6, 6.07) is 35.8. The van der Waals surface area contributed by atoms with Gasteiger partial charge in [0.2, 0.25) is 0 Å². The maximum atomic E-state index is 13.7. The average molecular weight is 537 g/mol. The van der Waals surface area contributed by atoms with E-state index in [1.165, 1.54) is 0 Å². The molecule has 0 saturated carbocycles. The lowest BCUT2D eigenvalue weighted by Gasteiger charge is -2.21. The summed E-state index contributed by atoms with van der Waals surface area (Å²) in [5, 5.41) is 4.03. The zero-order valence-electron chi connectivity index (χ0n) is 20.2. The minimum absolute atomic E-state index is 0.0515. The van der Waals surface area contributed by atoms with E-state index in [0.29, 0.717) is 22.1 Å². The van der Waals surface area contributed by atoms with Gasteiger partial charge in [-0.1, -0.05) is 72.8 Å². The fourth-order valence-electron chi connectivity index (χ4n) is 3.40. The highest BCUT2D eigenvalue weighted by Gasteiger charge is 2.29. The molecule has 0 heterocycles. The number of hydrogen-bond acceptors (Lipinski definition) is 6. The molecule has 0 amide bonds. The maximum absolute atomic E-state index is 13.7. The van der Waals surface area contributed by atoms with Crippen molar-refractivity contribution in [2.45, 2.75) is 0 Å². The second-order valence-corrected chi connectivity index (χ2v) is 12.0. The summed E-state index contributed by atoms with van der Waals surface area (Å²) in [7, 11) is -7.00. The van der Waals surface area contributed by atoms with E-state index >= 15 is 0 Å². The Bertz CT molecular complexity index is 1200. The lowest BCUT2D eigenvalue weighted by molar-refractivity contribution is 0.101. The van der Waals surface area contributed by atoms with Crippen LogP contribution in [0.2, 0.25) is 0 Å². The Kier molecular flexibility index (Phi) is 9.72. The molecule has 2 unspecified atom stereocenters. The van der Waals surface area contributed by atoms with Crippen LogP contribution in [0.15, 0.2) is 121 Å². The van der Waals surface area contributed by atoms with Gasteiger partial charge in [0.25, 0.3) is 0 Å². The van der Waals surface area contributed by atoms with Crippen LogP contribution in [0.4, 0.5) is 0 Å². The normalized spacial score (nSPS) is 14.3. The van der Waals surface area contributed by atoms with Crippen molar-refractivity contribution in [2.24, 2.45) is 0 Å². The third kappa shape index (κ3) is 7.90. The molecule has 1 N–H and O–H groups in total. The van der Waals surface area contributed by atoms with Crippen molar-refractivity contribution in [1.29, 1.82) is 0 Å². The molecule has 0 bridgehead atoms. The number of rotatable bonds is 14. The molecule has 0 fully saturated rings. The van der Waals surface area contributed by atoms with Gasteiger partial charge in [0.1, 0.15) is 11.5 Å². The van der Waals surface area contributed by atoms with E-state index in [-0.39, 0.29) is 26.4 Å². The highest BCUT2D eigenvalue weighted by atomic mass is 31.2. The quantitative estimate of drug-likeness (QED) is 0.161. The molecule has 192 valence electrons. The Morgan fingerprint density at radius 3 is 1.59 bits per heavy atom. The fraction of sp³-hybridized carbons (Fsp3) is 0.143. The molecule has 9 heteroatoms. The van der Waals surface area contributed by atoms with Crippen LogP contribution in [0, 0.1) is 0 Å². The number of ether oxygens (including phenoxy) is 1. The van der Waals surface area contributed by atoms with Gasteiger partial charge in [-0.05, 0) is 48.5 Å². The second kappa shape index (κ2) is 13.4. The SMILES string of the molecule is O=P(NCCOCCOP(=O)(Oc1ccccc1)c1ccccc1)(Oc1ccccc1)c1ccccc1. The first-order valence-corrected chi connectivity index (χ1v) is 15.0.